The van der Waals surface area contributed by atoms with Crippen LogP contribution in [0.1, 0.15) is 43.1 Å². The lowest BCUT2D eigenvalue weighted by atomic mass is 9.76. The summed E-state index contributed by atoms with van der Waals surface area (Å²) < 4.78 is 1.97. The number of benzene rings is 1. The number of fused-ring (bicyclic) bond motifs is 1. The molecule has 0 unspecified atom stereocenters. The third-order valence-corrected chi connectivity index (χ3v) is 4.46. The van der Waals surface area contributed by atoms with Gasteiger partial charge in [0.2, 0.25) is 0 Å². The molecule has 0 spiro atoms. The molecule has 0 saturated heterocycles. The average Bonchev–Trinajstić information content (AvgIpc) is 2.82. The molecule has 5 nitrogen and oxygen atoms in total. The van der Waals surface area contributed by atoms with Gasteiger partial charge in [-0.15, -0.1) is 0 Å². The number of rotatable bonds is 5. The van der Waals surface area contributed by atoms with Crippen LogP contribution in [0.3, 0.4) is 0 Å². The molecular weight excluding hydrogens is 280 g/mol. The molecule has 3 rings (SSSR count). The quantitative estimate of drug-likeness (QED) is 0.892. The van der Waals surface area contributed by atoms with E-state index in [-0.39, 0.29) is 5.91 Å². The minimum atomic E-state index is -1.08. The van der Waals surface area contributed by atoms with E-state index in [0.29, 0.717) is 18.5 Å². The van der Waals surface area contributed by atoms with Gasteiger partial charge in [-0.25, -0.2) is 4.79 Å². The maximum Gasteiger partial charge on any atom is 0.329 e. The molecule has 2 N–H and O–H groups in total. The lowest BCUT2D eigenvalue weighted by molar-refractivity contribution is -0.148. The third kappa shape index (κ3) is 2.26. The second kappa shape index (κ2) is 5.48. The summed E-state index contributed by atoms with van der Waals surface area (Å²) in [5.74, 6) is -1.24. The third-order valence-electron chi connectivity index (χ3n) is 4.46. The van der Waals surface area contributed by atoms with Gasteiger partial charge in [0, 0.05) is 17.4 Å². The largest absolute Gasteiger partial charge is 0.480 e. The SMILES string of the molecule is CCCn1c(C(=O)NC2(C(=O)O)CCC2)cc2ccccc21. The second-order valence-electron chi connectivity index (χ2n) is 5.93. The zero-order valence-corrected chi connectivity index (χ0v) is 12.6. The highest BCUT2D eigenvalue weighted by Gasteiger charge is 2.46. The van der Waals surface area contributed by atoms with Crippen LogP contribution in [0.15, 0.2) is 30.3 Å². The number of nitrogens with zero attached hydrogens (tertiary/aromatic N) is 1. The highest BCUT2D eigenvalue weighted by Crippen LogP contribution is 2.32. The van der Waals surface area contributed by atoms with Crippen molar-refractivity contribution in [2.24, 2.45) is 0 Å². The number of hydrogen-bond acceptors (Lipinski definition) is 2. The van der Waals surface area contributed by atoms with E-state index in [1.54, 1.807) is 0 Å². The Morgan fingerprint density at radius 3 is 2.64 bits per heavy atom. The highest BCUT2D eigenvalue weighted by molar-refractivity contribution is 6.01. The van der Waals surface area contributed by atoms with Crippen LogP contribution in [0.4, 0.5) is 0 Å². The molecule has 22 heavy (non-hydrogen) atoms. The van der Waals surface area contributed by atoms with Crippen LogP contribution < -0.4 is 5.32 Å². The summed E-state index contributed by atoms with van der Waals surface area (Å²) in [4.78, 5) is 24.1. The van der Waals surface area contributed by atoms with Gasteiger partial charge in [0.15, 0.2) is 0 Å². The molecule has 1 aliphatic carbocycles. The molecule has 1 amide bonds. The Morgan fingerprint density at radius 2 is 2.05 bits per heavy atom. The molecule has 1 aromatic heterocycles. The summed E-state index contributed by atoms with van der Waals surface area (Å²) in [7, 11) is 0. The number of carboxylic acid groups (broad SMARTS) is 1. The van der Waals surface area contributed by atoms with Gasteiger partial charge >= 0.3 is 5.97 Å². The van der Waals surface area contributed by atoms with Crippen molar-refractivity contribution < 1.29 is 14.7 Å². The van der Waals surface area contributed by atoms with Gasteiger partial charge < -0.3 is 15.0 Å². The van der Waals surface area contributed by atoms with E-state index in [2.05, 4.69) is 12.2 Å². The molecule has 0 radical (unpaired) electrons. The van der Waals surface area contributed by atoms with Crippen molar-refractivity contribution >= 4 is 22.8 Å². The van der Waals surface area contributed by atoms with Crippen molar-refractivity contribution in [3.05, 3.63) is 36.0 Å². The number of para-hydroxylation sites is 1. The molecule has 0 aliphatic heterocycles. The molecule has 0 atom stereocenters. The molecule has 116 valence electrons. The summed E-state index contributed by atoms with van der Waals surface area (Å²) in [6.45, 7) is 2.79. The Balaban J connectivity index is 1.96. The Hall–Kier alpha value is -2.30. The lowest BCUT2D eigenvalue weighted by Gasteiger charge is -2.38. The second-order valence-corrected chi connectivity index (χ2v) is 5.93. The van der Waals surface area contributed by atoms with Crippen molar-refractivity contribution in [3.8, 4) is 0 Å². The van der Waals surface area contributed by atoms with Gasteiger partial charge in [-0.2, -0.15) is 0 Å². The number of hydrogen-bond donors (Lipinski definition) is 2. The van der Waals surface area contributed by atoms with E-state index < -0.39 is 11.5 Å². The van der Waals surface area contributed by atoms with Crippen LogP contribution >= 0.6 is 0 Å². The van der Waals surface area contributed by atoms with Gasteiger partial charge in [0.25, 0.3) is 5.91 Å². The zero-order chi connectivity index (χ0) is 15.7. The van der Waals surface area contributed by atoms with Gasteiger partial charge in [-0.1, -0.05) is 25.1 Å². The van der Waals surface area contributed by atoms with Gasteiger partial charge in [-0.05, 0) is 37.8 Å². The first-order valence-electron chi connectivity index (χ1n) is 7.71. The Labute approximate surface area is 128 Å². The number of amides is 1. The van der Waals surface area contributed by atoms with E-state index >= 15 is 0 Å². The number of aliphatic carboxylic acids is 1. The van der Waals surface area contributed by atoms with Crippen molar-refractivity contribution in [1.29, 1.82) is 0 Å². The molecule has 1 heterocycles. The maximum atomic E-state index is 12.6. The number of carboxylic acids is 1. The summed E-state index contributed by atoms with van der Waals surface area (Å²) in [6, 6.07) is 9.67. The van der Waals surface area contributed by atoms with E-state index in [9.17, 15) is 14.7 Å². The molecule has 1 fully saturated rings. The predicted molar refractivity (Wildman–Crippen MR) is 83.9 cm³/mol. The fraction of sp³-hybridized carbons (Fsp3) is 0.412. The molecule has 5 heteroatoms. The molecular formula is C17H20N2O3. The summed E-state index contributed by atoms with van der Waals surface area (Å²) >= 11 is 0. The zero-order valence-electron chi connectivity index (χ0n) is 12.6. The van der Waals surface area contributed by atoms with Crippen molar-refractivity contribution in [1.82, 2.24) is 9.88 Å². The summed E-state index contributed by atoms with van der Waals surface area (Å²) in [5, 5.41) is 13.1. The normalized spacial score (nSPS) is 16.2. The fourth-order valence-electron chi connectivity index (χ4n) is 3.07. The lowest BCUT2D eigenvalue weighted by Crippen LogP contribution is -2.59. The number of nitrogens with one attached hydrogen (secondary N) is 1. The van der Waals surface area contributed by atoms with E-state index in [1.165, 1.54) is 0 Å². The fourth-order valence-corrected chi connectivity index (χ4v) is 3.07. The van der Waals surface area contributed by atoms with Gasteiger partial charge in [-0.3, -0.25) is 4.79 Å². The number of carbonyl (C=O) groups is 2. The highest BCUT2D eigenvalue weighted by atomic mass is 16.4. The standard InChI is InChI=1S/C17H20N2O3/c1-2-10-19-13-7-4-3-6-12(13)11-14(19)15(20)18-17(16(21)22)8-5-9-17/h3-4,6-7,11H,2,5,8-10H2,1H3,(H,18,20)(H,21,22). The van der Waals surface area contributed by atoms with E-state index in [4.69, 9.17) is 0 Å². The van der Waals surface area contributed by atoms with Crippen LogP contribution in [0.5, 0.6) is 0 Å². The molecule has 0 bridgehead atoms. The number of aryl methyl sites for hydroxylation is 1. The van der Waals surface area contributed by atoms with Crippen molar-refractivity contribution in [3.63, 3.8) is 0 Å². The van der Waals surface area contributed by atoms with E-state index in [0.717, 1.165) is 30.3 Å². The molecule has 1 aliphatic rings. The van der Waals surface area contributed by atoms with Crippen LogP contribution in [-0.2, 0) is 11.3 Å². The Morgan fingerprint density at radius 1 is 1.32 bits per heavy atom. The molecule has 2 aromatic rings. The van der Waals surface area contributed by atoms with Crippen LogP contribution in [0, 0.1) is 0 Å². The van der Waals surface area contributed by atoms with Crippen LogP contribution in [0.25, 0.3) is 10.9 Å². The first-order chi connectivity index (χ1) is 10.6. The maximum absolute atomic E-state index is 12.6. The topological polar surface area (TPSA) is 71.3 Å². The Bertz CT molecular complexity index is 729. The molecule has 1 aromatic carbocycles. The average molecular weight is 300 g/mol. The van der Waals surface area contributed by atoms with Gasteiger partial charge in [0.1, 0.15) is 11.2 Å². The minimum absolute atomic E-state index is 0.299. The predicted octanol–water partition coefficient (Wildman–Crippen LogP) is 2.79. The first-order valence-corrected chi connectivity index (χ1v) is 7.71. The van der Waals surface area contributed by atoms with Crippen LogP contribution in [-0.4, -0.2) is 27.1 Å². The summed E-state index contributed by atoms with van der Waals surface area (Å²) in [5.41, 5.74) is 0.466. The number of aromatic nitrogens is 1. The Kier molecular flexibility index (Phi) is 3.64. The van der Waals surface area contributed by atoms with Crippen LogP contribution in [0.2, 0.25) is 0 Å². The van der Waals surface area contributed by atoms with Gasteiger partial charge in [0.05, 0.1) is 0 Å². The first kappa shape index (κ1) is 14.6. The number of carbonyl (C=O) groups excluding carboxylic acids is 1. The minimum Gasteiger partial charge on any atom is -0.480 e. The van der Waals surface area contributed by atoms with Crippen molar-refractivity contribution in [2.45, 2.75) is 44.7 Å². The van der Waals surface area contributed by atoms with E-state index in [1.807, 2.05) is 34.9 Å². The smallest absolute Gasteiger partial charge is 0.329 e. The van der Waals surface area contributed by atoms with Crippen molar-refractivity contribution in [2.75, 3.05) is 0 Å². The monoisotopic (exact) mass is 300 g/mol. The molecule has 1 saturated carbocycles. The summed E-state index contributed by atoms with van der Waals surface area (Å²) in [6.07, 6.45) is 2.75.